The van der Waals surface area contributed by atoms with E-state index in [0.717, 1.165) is 0 Å². The third-order valence-corrected chi connectivity index (χ3v) is 6.08. The summed E-state index contributed by atoms with van der Waals surface area (Å²) in [5.74, 6) is -0.612. The Morgan fingerprint density at radius 1 is 1.14 bits per heavy atom. The van der Waals surface area contributed by atoms with Gasteiger partial charge < -0.3 is 14.1 Å². The summed E-state index contributed by atoms with van der Waals surface area (Å²) in [5, 5.41) is 0. The van der Waals surface area contributed by atoms with Crippen LogP contribution in [0.5, 0.6) is 0 Å². The molecule has 2 aromatic rings. The second-order valence-corrected chi connectivity index (χ2v) is 8.16. The monoisotopic (exact) mass is 406 g/mol. The smallest absolute Gasteiger partial charge is 0.338 e. The standard InChI is InChI=1S/C19H22N2O6S/c1-2-27-19(23)14-3-5-17(6-4-14)28(24,25)20-16-7-10-21(11-8-16)18(22)15-9-12-26-13-15/h3-6,9,12-13,16,20H,2,7-8,10-11H2,1H3. The van der Waals surface area contributed by atoms with E-state index in [1.54, 1.807) is 17.9 Å². The molecule has 3 rings (SSSR count). The predicted molar refractivity (Wildman–Crippen MR) is 100 cm³/mol. The van der Waals surface area contributed by atoms with Crippen molar-refractivity contribution in [2.24, 2.45) is 0 Å². The van der Waals surface area contributed by atoms with E-state index in [0.29, 0.717) is 37.1 Å². The lowest BCUT2D eigenvalue weighted by Crippen LogP contribution is -2.46. The molecular weight excluding hydrogens is 384 g/mol. The van der Waals surface area contributed by atoms with E-state index in [9.17, 15) is 18.0 Å². The normalized spacial score (nSPS) is 15.4. The van der Waals surface area contributed by atoms with Gasteiger partial charge in [-0.25, -0.2) is 17.9 Å². The molecule has 1 aromatic carbocycles. The molecule has 0 spiro atoms. The number of carbonyl (C=O) groups is 2. The Morgan fingerprint density at radius 2 is 1.82 bits per heavy atom. The number of carbonyl (C=O) groups excluding carboxylic acids is 2. The van der Waals surface area contributed by atoms with Gasteiger partial charge in [0, 0.05) is 19.1 Å². The summed E-state index contributed by atoms with van der Waals surface area (Å²) in [6, 6.07) is 6.97. The van der Waals surface area contributed by atoms with Crippen molar-refractivity contribution in [2.75, 3.05) is 19.7 Å². The Morgan fingerprint density at radius 3 is 2.39 bits per heavy atom. The highest BCUT2D eigenvalue weighted by atomic mass is 32.2. The topological polar surface area (TPSA) is 106 Å². The fourth-order valence-electron chi connectivity index (χ4n) is 3.04. The Kier molecular flexibility index (Phi) is 6.15. The number of nitrogens with zero attached hydrogens (tertiary/aromatic N) is 1. The number of likely N-dealkylation sites (tertiary alicyclic amines) is 1. The van der Waals surface area contributed by atoms with Crippen molar-refractivity contribution in [3.63, 3.8) is 0 Å². The molecule has 1 saturated heterocycles. The molecule has 0 radical (unpaired) electrons. The number of amides is 1. The fourth-order valence-corrected chi connectivity index (χ4v) is 4.35. The van der Waals surface area contributed by atoms with E-state index in [1.807, 2.05) is 0 Å². The van der Waals surface area contributed by atoms with Gasteiger partial charge in [0.15, 0.2) is 0 Å². The fraction of sp³-hybridized carbons (Fsp3) is 0.368. The SMILES string of the molecule is CCOC(=O)c1ccc(S(=O)(=O)NC2CCN(C(=O)c3ccoc3)CC2)cc1. The molecule has 0 bridgehead atoms. The highest BCUT2D eigenvalue weighted by molar-refractivity contribution is 7.89. The van der Waals surface area contributed by atoms with Crippen LogP contribution in [0.3, 0.4) is 0 Å². The summed E-state index contributed by atoms with van der Waals surface area (Å²) in [6.07, 6.45) is 3.88. The maximum atomic E-state index is 12.6. The van der Waals surface area contributed by atoms with E-state index in [4.69, 9.17) is 9.15 Å². The number of nitrogens with one attached hydrogen (secondary N) is 1. The average Bonchev–Trinajstić information content (AvgIpc) is 3.23. The van der Waals surface area contributed by atoms with Crippen LogP contribution in [-0.2, 0) is 14.8 Å². The highest BCUT2D eigenvalue weighted by Crippen LogP contribution is 2.18. The third kappa shape index (κ3) is 4.60. The Balaban J connectivity index is 1.58. The number of benzene rings is 1. The first-order valence-corrected chi connectivity index (χ1v) is 10.5. The van der Waals surface area contributed by atoms with Crippen LogP contribution in [0.25, 0.3) is 0 Å². The van der Waals surface area contributed by atoms with Gasteiger partial charge in [0.1, 0.15) is 6.26 Å². The Hall–Kier alpha value is -2.65. The lowest BCUT2D eigenvalue weighted by molar-refractivity contribution is 0.0526. The maximum absolute atomic E-state index is 12.6. The highest BCUT2D eigenvalue weighted by Gasteiger charge is 2.27. The van der Waals surface area contributed by atoms with E-state index in [1.165, 1.54) is 36.8 Å². The first kappa shape index (κ1) is 20.1. The molecule has 9 heteroatoms. The van der Waals surface area contributed by atoms with E-state index < -0.39 is 16.0 Å². The molecule has 0 saturated carbocycles. The lowest BCUT2D eigenvalue weighted by Gasteiger charge is -2.32. The molecule has 8 nitrogen and oxygen atoms in total. The van der Waals surface area contributed by atoms with Gasteiger partial charge >= 0.3 is 5.97 Å². The van der Waals surface area contributed by atoms with Crippen molar-refractivity contribution in [2.45, 2.75) is 30.7 Å². The molecule has 1 N–H and O–H groups in total. The molecule has 1 amide bonds. The molecular formula is C19H22N2O6S. The summed E-state index contributed by atoms with van der Waals surface area (Å²) in [7, 11) is -3.72. The van der Waals surface area contributed by atoms with Gasteiger partial charge in [-0.05, 0) is 50.1 Å². The number of piperidine rings is 1. The predicted octanol–water partition coefficient (Wildman–Crippen LogP) is 2.04. The van der Waals surface area contributed by atoms with Crippen LogP contribution in [0.4, 0.5) is 0 Å². The van der Waals surface area contributed by atoms with Crippen LogP contribution in [-0.4, -0.2) is 50.9 Å². The van der Waals surface area contributed by atoms with Crippen molar-refractivity contribution in [1.82, 2.24) is 9.62 Å². The molecule has 1 aliphatic heterocycles. The largest absolute Gasteiger partial charge is 0.472 e. The summed E-state index contributed by atoms with van der Waals surface area (Å²) in [5.41, 5.74) is 0.785. The van der Waals surface area contributed by atoms with Crippen LogP contribution >= 0.6 is 0 Å². The van der Waals surface area contributed by atoms with Gasteiger partial charge in [-0.2, -0.15) is 0 Å². The van der Waals surface area contributed by atoms with Gasteiger partial charge in [-0.15, -0.1) is 0 Å². The van der Waals surface area contributed by atoms with E-state index >= 15 is 0 Å². The quantitative estimate of drug-likeness (QED) is 0.736. The number of esters is 1. The van der Waals surface area contributed by atoms with Crippen LogP contribution < -0.4 is 4.72 Å². The zero-order valence-corrected chi connectivity index (χ0v) is 16.3. The van der Waals surface area contributed by atoms with Crippen LogP contribution in [0.1, 0.15) is 40.5 Å². The third-order valence-electron chi connectivity index (χ3n) is 4.55. The minimum Gasteiger partial charge on any atom is -0.472 e. The Bertz CT molecular complexity index is 914. The second kappa shape index (κ2) is 8.57. The first-order valence-electron chi connectivity index (χ1n) is 9.01. The van der Waals surface area contributed by atoms with Gasteiger partial charge in [-0.1, -0.05) is 0 Å². The summed E-state index contributed by atoms with van der Waals surface area (Å²) in [4.78, 5) is 25.7. The number of hydrogen-bond acceptors (Lipinski definition) is 6. The molecule has 28 heavy (non-hydrogen) atoms. The van der Waals surface area contributed by atoms with Gasteiger partial charge in [0.25, 0.3) is 5.91 Å². The average molecular weight is 406 g/mol. The molecule has 0 aliphatic carbocycles. The molecule has 1 aromatic heterocycles. The summed E-state index contributed by atoms with van der Waals surface area (Å²) < 4.78 is 37.7. The molecule has 1 aliphatic rings. The van der Waals surface area contributed by atoms with Gasteiger partial charge in [0.05, 0.1) is 28.9 Å². The van der Waals surface area contributed by atoms with Gasteiger partial charge in [-0.3, -0.25) is 4.79 Å². The lowest BCUT2D eigenvalue weighted by atomic mass is 10.1. The second-order valence-electron chi connectivity index (χ2n) is 6.44. The van der Waals surface area contributed by atoms with E-state index in [2.05, 4.69) is 4.72 Å². The summed E-state index contributed by atoms with van der Waals surface area (Å²) >= 11 is 0. The summed E-state index contributed by atoms with van der Waals surface area (Å²) in [6.45, 7) is 2.87. The zero-order valence-electron chi connectivity index (χ0n) is 15.5. The molecule has 1 fully saturated rings. The van der Waals surface area contributed by atoms with Crippen molar-refractivity contribution in [1.29, 1.82) is 0 Å². The maximum Gasteiger partial charge on any atom is 0.338 e. The van der Waals surface area contributed by atoms with Crippen LogP contribution in [0, 0.1) is 0 Å². The molecule has 0 atom stereocenters. The van der Waals surface area contributed by atoms with Crippen molar-refractivity contribution in [3.05, 3.63) is 54.0 Å². The van der Waals surface area contributed by atoms with Crippen LogP contribution in [0.15, 0.2) is 52.2 Å². The minimum atomic E-state index is -3.72. The molecule has 2 heterocycles. The van der Waals surface area contributed by atoms with Crippen molar-refractivity contribution < 1.29 is 27.2 Å². The first-order chi connectivity index (χ1) is 13.4. The molecule has 150 valence electrons. The van der Waals surface area contributed by atoms with E-state index in [-0.39, 0.29) is 23.5 Å². The molecule has 0 unspecified atom stereocenters. The van der Waals surface area contributed by atoms with Crippen molar-refractivity contribution >= 4 is 21.9 Å². The number of sulfonamides is 1. The van der Waals surface area contributed by atoms with Crippen molar-refractivity contribution in [3.8, 4) is 0 Å². The van der Waals surface area contributed by atoms with Gasteiger partial charge in [0.2, 0.25) is 10.0 Å². The minimum absolute atomic E-state index is 0.0810. The number of ether oxygens (including phenoxy) is 1. The number of furan rings is 1. The number of hydrogen-bond donors (Lipinski definition) is 1. The Labute approximate surface area is 163 Å². The van der Waals surface area contributed by atoms with Crippen LogP contribution in [0.2, 0.25) is 0 Å². The zero-order chi connectivity index (χ0) is 20.1. The number of rotatable bonds is 6.